The number of aromatic amines is 1. The van der Waals surface area contributed by atoms with E-state index in [9.17, 15) is 13.6 Å². The number of halogens is 2. The Morgan fingerprint density at radius 1 is 1.42 bits per heavy atom. The lowest BCUT2D eigenvalue weighted by molar-refractivity contribution is -0.139. The zero-order valence-corrected chi connectivity index (χ0v) is 10.4. The Kier molecular flexibility index (Phi) is 2.24. The molecule has 2 atom stereocenters. The quantitative estimate of drug-likeness (QED) is 0.878. The number of H-pyrrole nitrogens is 1. The lowest BCUT2D eigenvalue weighted by Gasteiger charge is -1.97. The molecule has 6 heteroatoms. The fraction of sp³-hybridized carbons (Fsp3) is 0.385. The zero-order valence-electron chi connectivity index (χ0n) is 10.4. The molecule has 1 aromatic carbocycles. The van der Waals surface area contributed by atoms with Crippen molar-refractivity contribution in [3.05, 3.63) is 29.6 Å². The number of hydrogen-bond donors (Lipinski definition) is 2. The van der Waals surface area contributed by atoms with Crippen LogP contribution in [0.1, 0.15) is 25.6 Å². The smallest absolute Gasteiger partial charge is 0.307 e. The third-order valence-corrected chi connectivity index (χ3v) is 3.91. The standard InChI is InChI=1S/C13H12F2N2O2/c1-13(2)8(9(13)12(18)19)11-16-7-4-5(14)3-6(15)10(7)17-11/h3-4,8-9H,1-2H3,(H,16,17)(H,18,19). The van der Waals surface area contributed by atoms with Gasteiger partial charge in [0.05, 0.1) is 11.4 Å². The molecular weight excluding hydrogens is 254 g/mol. The summed E-state index contributed by atoms with van der Waals surface area (Å²) in [6.45, 7) is 3.64. The molecule has 0 aliphatic heterocycles. The summed E-state index contributed by atoms with van der Waals surface area (Å²) in [6.07, 6.45) is 0. The third kappa shape index (κ3) is 1.63. The molecule has 3 rings (SSSR count). The second-order valence-corrected chi connectivity index (χ2v) is 5.52. The van der Waals surface area contributed by atoms with Crippen molar-refractivity contribution >= 4 is 17.0 Å². The van der Waals surface area contributed by atoms with Crippen molar-refractivity contribution < 1.29 is 18.7 Å². The Morgan fingerprint density at radius 2 is 2.11 bits per heavy atom. The van der Waals surface area contributed by atoms with Gasteiger partial charge in [-0.25, -0.2) is 13.8 Å². The molecule has 0 bridgehead atoms. The highest BCUT2D eigenvalue weighted by Crippen LogP contribution is 2.63. The van der Waals surface area contributed by atoms with E-state index >= 15 is 0 Å². The fourth-order valence-electron chi connectivity index (χ4n) is 2.82. The fourth-order valence-corrected chi connectivity index (χ4v) is 2.82. The number of aliphatic carboxylic acids is 1. The first-order chi connectivity index (χ1) is 8.82. The van der Waals surface area contributed by atoms with Gasteiger partial charge in [-0.2, -0.15) is 0 Å². The molecule has 0 saturated heterocycles. The van der Waals surface area contributed by atoms with Crippen LogP contribution in [-0.4, -0.2) is 21.0 Å². The maximum Gasteiger partial charge on any atom is 0.307 e. The van der Waals surface area contributed by atoms with E-state index < -0.39 is 28.9 Å². The van der Waals surface area contributed by atoms with Crippen LogP contribution in [0.4, 0.5) is 8.78 Å². The van der Waals surface area contributed by atoms with Gasteiger partial charge in [-0.3, -0.25) is 4.79 Å². The number of fused-ring (bicyclic) bond motifs is 1. The molecule has 2 unspecified atom stereocenters. The number of imidazole rings is 1. The number of rotatable bonds is 2. The second-order valence-electron chi connectivity index (χ2n) is 5.52. The van der Waals surface area contributed by atoms with Gasteiger partial charge in [-0.05, 0) is 11.5 Å². The summed E-state index contributed by atoms with van der Waals surface area (Å²) >= 11 is 0. The normalized spacial score (nSPS) is 24.6. The van der Waals surface area contributed by atoms with E-state index in [2.05, 4.69) is 9.97 Å². The van der Waals surface area contributed by atoms with E-state index in [1.54, 1.807) is 0 Å². The molecule has 2 aromatic rings. The first kappa shape index (κ1) is 12.1. The molecule has 2 N–H and O–H groups in total. The van der Waals surface area contributed by atoms with Crippen molar-refractivity contribution in [3.8, 4) is 0 Å². The van der Waals surface area contributed by atoms with Crippen LogP contribution in [0, 0.1) is 23.0 Å². The van der Waals surface area contributed by atoms with Crippen LogP contribution in [0.5, 0.6) is 0 Å². The minimum Gasteiger partial charge on any atom is -0.481 e. The van der Waals surface area contributed by atoms with Gasteiger partial charge >= 0.3 is 5.97 Å². The second kappa shape index (κ2) is 3.53. The molecule has 19 heavy (non-hydrogen) atoms. The summed E-state index contributed by atoms with van der Waals surface area (Å²) in [5.74, 6) is -2.80. The molecule has 0 amide bonds. The molecule has 0 radical (unpaired) electrons. The van der Waals surface area contributed by atoms with E-state index in [-0.39, 0.29) is 17.0 Å². The van der Waals surface area contributed by atoms with Gasteiger partial charge in [0.25, 0.3) is 0 Å². The van der Waals surface area contributed by atoms with Crippen molar-refractivity contribution in [1.29, 1.82) is 0 Å². The highest BCUT2D eigenvalue weighted by atomic mass is 19.1. The van der Waals surface area contributed by atoms with Crippen LogP contribution < -0.4 is 0 Å². The molecule has 0 spiro atoms. The molecule has 1 fully saturated rings. The zero-order chi connectivity index (χ0) is 13.9. The number of benzene rings is 1. The topological polar surface area (TPSA) is 66.0 Å². The molecule has 1 aromatic heterocycles. The summed E-state index contributed by atoms with van der Waals surface area (Å²) in [7, 11) is 0. The van der Waals surface area contributed by atoms with Crippen molar-refractivity contribution in [2.75, 3.05) is 0 Å². The van der Waals surface area contributed by atoms with Crippen LogP contribution >= 0.6 is 0 Å². The van der Waals surface area contributed by atoms with Crippen LogP contribution in [0.15, 0.2) is 12.1 Å². The first-order valence-electron chi connectivity index (χ1n) is 5.90. The maximum atomic E-state index is 13.6. The van der Waals surface area contributed by atoms with Gasteiger partial charge in [0.1, 0.15) is 17.2 Å². The average Bonchev–Trinajstić information content (AvgIpc) is 2.65. The molecular formula is C13H12F2N2O2. The highest BCUT2D eigenvalue weighted by Gasteiger charge is 2.64. The molecule has 1 saturated carbocycles. The van der Waals surface area contributed by atoms with Crippen molar-refractivity contribution in [3.63, 3.8) is 0 Å². The predicted octanol–water partition coefficient (Wildman–Crippen LogP) is 2.67. The molecule has 100 valence electrons. The number of carbonyl (C=O) groups is 1. The van der Waals surface area contributed by atoms with E-state index in [4.69, 9.17) is 5.11 Å². The van der Waals surface area contributed by atoms with Crippen molar-refractivity contribution in [2.24, 2.45) is 11.3 Å². The van der Waals surface area contributed by atoms with Gasteiger partial charge in [0.15, 0.2) is 5.82 Å². The largest absolute Gasteiger partial charge is 0.481 e. The Balaban J connectivity index is 2.09. The number of nitrogens with zero attached hydrogens (tertiary/aromatic N) is 1. The predicted molar refractivity (Wildman–Crippen MR) is 63.7 cm³/mol. The van der Waals surface area contributed by atoms with Crippen LogP contribution in [0.2, 0.25) is 0 Å². The Labute approximate surface area is 107 Å². The maximum absolute atomic E-state index is 13.6. The summed E-state index contributed by atoms with van der Waals surface area (Å²) in [6, 6.07) is 1.92. The number of nitrogens with one attached hydrogen (secondary N) is 1. The van der Waals surface area contributed by atoms with E-state index in [1.165, 1.54) is 0 Å². The van der Waals surface area contributed by atoms with Crippen LogP contribution in [0.25, 0.3) is 11.0 Å². The summed E-state index contributed by atoms with van der Waals surface area (Å²) in [5.41, 5.74) is -0.142. The minimum atomic E-state index is -0.901. The SMILES string of the molecule is CC1(C)C(C(=O)O)C1c1nc2c(F)cc(F)cc2[nH]1. The lowest BCUT2D eigenvalue weighted by atomic mass is 10.1. The summed E-state index contributed by atoms with van der Waals surface area (Å²) in [5, 5.41) is 9.12. The van der Waals surface area contributed by atoms with E-state index in [1.807, 2.05) is 13.8 Å². The monoisotopic (exact) mass is 266 g/mol. The Morgan fingerprint density at radius 3 is 2.68 bits per heavy atom. The van der Waals surface area contributed by atoms with Gasteiger partial charge in [-0.1, -0.05) is 13.8 Å². The molecule has 1 heterocycles. The average molecular weight is 266 g/mol. The lowest BCUT2D eigenvalue weighted by Crippen LogP contribution is -2.03. The van der Waals surface area contributed by atoms with Crippen LogP contribution in [-0.2, 0) is 4.79 Å². The number of carboxylic acids is 1. The Bertz CT molecular complexity index is 693. The first-order valence-corrected chi connectivity index (χ1v) is 5.90. The summed E-state index contributed by atoms with van der Waals surface area (Å²) < 4.78 is 26.7. The highest BCUT2D eigenvalue weighted by molar-refractivity contribution is 5.79. The van der Waals surface area contributed by atoms with Gasteiger partial charge in [-0.15, -0.1) is 0 Å². The molecule has 1 aliphatic rings. The van der Waals surface area contributed by atoms with Crippen LogP contribution in [0.3, 0.4) is 0 Å². The van der Waals surface area contributed by atoms with Crippen molar-refractivity contribution in [2.45, 2.75) is 19.8 Å². The molecule has 4 nitrogen and oxygen atoms in total. The van der Waals surface area contributed by atoms with Gasteiger partial charge in [0.2, 0.25) is 0 Å². The van der Waals surface area contributed by atoms with Gasteiger partial charge in [0, 0.05) is 12.0 Å². The van der Waals surface area contributed by atoms with Gasteiger partial charge < -0.3 is 10.1 Å². The van der Waals surface area contributed by atoms with Crippen molar-refractivity contribution in [1.82, 2.24) is 9.97 Å². The Hall–Kier alpha value is -1.98. The minimum absolute atomic E-state index is 0.0447. The van der Waals surface area contributed by atoms with E-state index in [0.717, 1.165) is 12.1 Å². The number of carboxylic acid groups (broad SMARTS) is 1. The third-order valence-electron chi connectivity index (χ3n) is 3.91. The number of aromatic nitrogens is 2. The number of hydrogen-bond acceptors (Lipinski definition) is 2. The molecule has 1 aliphatic carbocycles. The van der Waals surface area contributed by atoms with E-state index in [0.29, 0.717) is 5.82 Å². The summed E-state index contributed by atoms with van der Waals surface area (Å²) in [4.78, 5) is 18.0.